The molecule has 0 aromatic heterocycles. The Labute approximate surface area is 88.5 Å². The Balaban J connectivity index is 2.33. The molecule has 0 atom stereocenters. The number of urea groups is 1. The van der Waals surface area contributed by atoms with E-state index in [9.17, 15) is 18.0 Å². The van der Waals surface area contributed by atoms with Gasteiger partial charge in [-0.15, -0.1) is 0 Å². The number of nitrogens with one attached hydrogen (secondary N) is 1. The van der Waals surface area contributed by atoms with Gasteiger partial charge in [0.2, 0.25) is 5.91 Å². The standard InChI is InChI=1S/C8H14N2O4S/c1-2-15(13,14)5-3-4-10-6-7(11)9-8(10)12/h2-6H2,1H3,(H,9,11,12). The van der Waals surface area contributed by atoms with E-state index in [0.29, 0.717) is 13.0 Å². The fraction of sp³-hybridized carbons (Fsp3) is 0.750. The van der Waals surface area contributed by atoms with Crippen LogP contribution in [-0.4, -0.2) is 49.9 Å². The normalized spacial score (nSPS) is 17.0. The molecule has 1 N–H and O–H groups in total. The SMILES string of the molecule is CCS(=O)(=O)CCCN1CC(=O)NC1=O. The van der Waals surface area contributed by atoms with Gasteiger partial charge in [0.1, 0.15) is 16.4 Å². The van der Waals surface area contributed by atoms with Crippen LogP contribution in [0.25, 0.3) is 0 Å². The highest BCUT2D eigenvalue weighted by atomic mass is 32.2. The van der Waals surface area contributed by atoms with Crippen LogP contribution in [0.3, 0.4) is 0 Å². The van der Waals surface area contributed by atoms with Crippen molar-refractivity contribution in [1.29, 1.82) is 0 Å². The van der Waals surface area contributed by atoms with Crippen molar-refractivity contribution >= 4 is 21.8 Å². The molecule has 3 amide bonds. The summed E-state index contributed by atoms with van der Waals surface area (Å²) in [6, 6.07) is -0.436. The first kappa shape index (κ1) is 12.0. The molecule has 0 radical (unpaired) electrons. The minimum Gasteiger partial charge on any atom is -0.315 e. The number of carbonyl (C=O) groups excluding carboxylic acids is 2. The minimum absolute atomic E-state index is 0.0327. The van der Waals surface area contributed by atoms with E-state index in [0.717, 1.165) is 0 Å². The van der Waals surface area contributed by atoms with Gasteiger partial charge in [-0.3, -0.25) is 10.1 Å². The molecule has 0 unspecified atom stereocenters. The van der Waals surface area contributed by atoms with E-state index in [1.165, 1.54) is 4.90 Å². The van der Waals surface area contributed by atoms with E-state index in [2.05, 4.69) is 5.32 Å². The summed E-state index contributed by atoms with van der Waals surface area (Å²) in [5, 5.41) is 2.13. The summed E-state index contributed by atoms with van der Waals surface area (Å²) in [4.78, 5) is 23.2. The molecular formula is C8H14N2O4S. The maximum absolute atomic E-state index is 11.1. The monoisotopic (exact) mass is 234 g/mol. The van der Waals surface area contributed by atoms with Gasteiger partial charge in [-0.2, -0.15) is 0 Å². The fourth-order valence-corrected chi connectivity index (χ4v) is 2.14. The summed E-state index contributed by atoms with van der Waals surface area (Å²) in [5.41, 5.74) is 0. The molecule has 1 saturated heterocycles. The van der Waals surface area contributed by atoms with Gasteiger partial charge in [-0.25, -0.2) is 13.2 Å². The molecule has 1 rings (SSSR count). The summed E-state index contributed by atoms with van der Waals surface area (Å²) in [6.07, 6.45) is 0.372. The van der Waals surface area contributed by atoms with Crippen molar-refractivity contribution in [3.63, 3.8) is 0 Å². The third-order valence-electron chi connectivity index (χ3n) is 2.19. The molecule has 0 aromatic carbocycles. The number of rotatable bonds is 5. The van der Waals surface area contributed by atoms with Gasteiger partial charge >= 0.3 is 6.03 Å². The molecular weight excluding hydrogens is 220 g/mol. The van der Waals surface area contributed by atoms with Gasteiger partial charge in [-0.1, -0.05) is 6.92 Å². The molecule has 0 aliphatic carbocycles. The van der Waals surface area contributed by atoms with Gasteiger partial charge in [0.15, 0.2) is 0 Å². The zero-order valence-electron chi connectivity index (χ0n) is 8.52. The van der Waals surface area contributed by atoms with E-state index >= 15 is 0 Å². The van der Waals surface area contributed by atoms with E-state index in [1.807, 2.05) is 0 Å². The molecule has 1 fully saturated rings. The van der Waals surface area contributed by atoms with Crippen molar-refractivity contribution in [3.05, 3.63) is 0 Å². The third-order valence-corrected chi connectivity index (χ3v) is 3.98. The lowest BCUT2D eigenvalue weighted by molar-refractivity contribution is -0.118. The Morgan fingerprint density at radius 3 is 2.53 bits per heavy atom. The lowest BCUT2D eigenvalue weighted by Gasteiger charge is -2.12. The average molecular weight is 234 g/mol. The topological polar surface area (TPSA) is 83.6 Å². The Kier molecular flexibility index (Phi) is 3.67. The Bertz CT molecular complexity index is 363. The van der Waals surface area contributed by atoms with E-state index < -0.39 is 15.9 Å². The number of imide groups is 1. The predicted molar refractivity (Wildman–Crippen MR) is 54.1 cm³/mol. The molecule has 6 nitrogen and oxygen atoms in total. The maximum Gasteiger partial charge on any atom is 0.324 e. The van der Waals surface area contributed by atoms with Crippen LogP contribution >= 0.6 is 0 Å². The van der Waals surface area contributed by atoms with Crippen LogP contribution in [0.4, 0.5) is 4.79 Å². The summed E-state index contributed by atoms with van der Waals surface area (Å²) in [6.45, 7) is 1.92. The maximum atomic E-state index is 11.1. The Morgan fingerprint density at radius 2 is 2.07 bits per heavy atom. The van der Waals surface area contributed by atoms with Crippen LogP contribution in [0.1, 0.15) is 13.3 Å². The average Bonchev–Trinajstić information content (AvgIpc) is 2.45. The van der Waals surface area contributed by atoms with Gasteiger partial charge < -0.3 is 4.90 Å². The van der Waals surface area contributed by atoms with Gasteiger partial charge in [0.25, 0.3) is 0 Å². The highest BCUT2D eigenvalue weighted by Gasteiger charge is 2.26. The van der Waals surface area contributed by atoms with Crippen LogP contribution in [-0.2, 0) is 14.6 Å². The van der Waals surface area contributed by atoms with Gasteiger partial charge in [-0.05, 0) is 6.42 Å². The second-order valence-corrected chi connectivity index (χ2v) is 5.84. The van der Waals surface area contributed by atoms with Crippen molar-refractivity contribution in [2.45, 2.75) is 13.3 Å². The smallest absolute Gasteiger partial charge is 0.315 e. The predicted octanol–water partition coefficient (Wildman–Crippen LogP) is -0.637. The molecule has 0 spiro atoms. The molecule has 15 heavy (non-hydrogen) atoms. The van der Waals surface area contributed by atoms with E-state index in [-0.39, 0.29) is 24.0 Å². The number of hydrogen-bond donors (Lipinski definition) is 1. The second-order valence-electron chi connectivity index (χ2n) is 3.36. The van der Waals surface area contributed by atoms with Crippen molar-refractivity contribution < 1.29 is 18.0 Å². The van der Waals surface area contributed by atoms with Crippen LogP contribution in [0.5, 0.6) is 0 Å². The van der Waals surface area contributed by atoms with Crippen LogP contribution in [0, 0.1) is 0 Å². The second kappa shape index (κ2) is 4.61. The zero-order valence-corrected chi connectivity index (χ0v) is 9.34. The number of carbonyl (C=O) groups is 2. The summed E-state index contributed by atoms with van der Waals surface area (Å²) in [7, 11) is -2.99. The van der Waals surface area contributed by atoms with Gasteiger partial charge in [0, 0.05) is 12.3 Å². The zero-order chi connectivity index (χ0) is 11.5. The molecule has 1 aliphatic heterocycles. The molecule has 0 saturated carbocycles. The molecule has 0 bridgehead atoms. The highest BCUT2D eigenvalue weighted by molar-refractivity contribution is 7.91. The first-order valence-electron chi connectivity index (χ1n) is 4.74. The number of amides is 3. The highest BCUT2D eigenvalue weighted by Crippen LogP contribution is 2.01. The van der Waals surface area contributed by atoms with E-state index in [4.69, 9.17) is 0 Å². The van der Waals surface area contributed by atoms with Crippen molar-refractivity contribution in [1.82, 2.24) is 10.2 Å². The van der Waals surface area contributed by atoms with Crippen molar-refractivity contribution in [3.8, 4) is 0 Å². The van der Waals surface area contributed by atoms with Crippen LogP contribution in [0.15, 0.2) is 0 Å². The van der Waals surface area contributed by atoms with Crippen molar-refractivity contribution in [2.24, 2.45) is 0 Å². The quantitative estimate of drug-likeness (QED) is 0.641. The van der Waals surface area contributed by atoms with Crippen LogP contribution in [0.2, 0.25) is 0 Å². The summed E-state index contributed by atoms with van der Waals surface area (Å²) in [5.74, 6) is -0.169. The summed E-state index contributed by atoms with van der Waals surface area (Å²) >= 11 is 0. The van der Waals surface area contributed by atoms with Crippen LogP contribution < -0.4 is 5.32 Å². The fourth-order valence-electron chi connectivity index (χ4n) is 1.28. The number of nitrogens with zero attached hydrogens (tertiary/aromatic N) is 1. The molecule has 1 heterocycles. The first-order valence-corrected chi connectivity index (χ1v) is 6.56. The minimum atomic E-state index is -2.99. The lowest BCUT2D eigenvalue weighted by Crippen LogP contribution is -2.30. The molecule has 0 aromatic rings. The first-order chi connectivity index (χ1) is 6.94. The summed E-state index contributed by atoms with van der Waals surface area (Å²) < 4.78 is 22.3. The molecule has 86 valence electrons. The Hall–Kier alpha value is -1.11. The Morgan fingerprint density at radius 1 is 1.40 bits per heavy atom. The number of hydrogen-bond acceptors (Lipinski definition) is 4. The lowest BCUT2D eigenvalue weighted by atomic mass is 10.4. The van der Waals surface area contributed by atoms with Crippen molar-refractivity contribution in [2.75, 3.05) is 24.6 Å². The third kappa shape index (κ3) is 3.50. The van der Waals surface area contributed by atoms with E-state index in [1.54, 1.807) is 6.92 Å². The molecule has 7 heteroatoms. The number of sulfone groups is 1. The molecule has 1 aliphatic rings. The largest absolute Gasteiger partial charge is 0.324 e. The van der Waals surface area contributed by atoms with Gasteiger partial charge in [0.05, 0.1) is 5.75 Å².